The molecule has 0 radical (unpaired) electrons. The summed E-state index contributed by atoms with van der Waals surface area (Å²) in [7, 11) is 0. The molecule has 28 heavy (non-hydrogen) atoms. The molecule has 0 amide bonds. The molecule has 4 aliphatic rings. The van der Waals surface area contributed by atoms with E-state index in [2.05, 4.69) is 15.1 Å². The Hall–Kier alpha value is -3.65. The first-order valence-corrected chi connectivity index (χ1v) is 8.72. The smallest absolute Gasteiger partial charge is 0.345 e. The highest BCUT2D eigenvalue weighted by Gasteiger charge is 2.50. The zero-order valence-corrected chi connectivity index (χ0v) is 14.4. The number of nitriles is 1. The lowest BCUT2D eigenvalue weighted by atomic mass is 10.1. The van der Waals surface area contributed by atoms with E-state index >= 15 is 0 Å². The van der Waals surface area contributed by atoms with Crippen LogP contribution >= 0.6 is 0 Å². The molecule has 1 fully saturated rings. The largest absolute Gasteiger partial charge is 0.382 e. The zero-order chi connectivity index (χ0) is 19.0. The van der Waals surface area contributed by atoms with Gasteiger partial charge in [-0.2, -0.15) is 14.6 Å². The number of hydrogen-bond donors (Lipinski definition) is 1. The van der Waals surface area contributed by atoms with E-state index in [1.165, 1.54) is 11.1 Å². The third-order valence-corrected chi connectivity index (χ3v) is 5.25. The summed E-state index contributed by atoms with van der Waals surface area (Å²) < 4.78 is 20.3. The van der Waals surface area contributed by atoms with Crippen molar-refractivity contribution in [2.75, 3.05) is 16.6 Å². The summed E-state index contributed by atoms with van der Waals surface area (Å²) in [6.07, 6.45) is 2.76. The van der Waals surface area contributed by atoms with E-state index in [0.717, 1.165) is 10.5 Å². The number of hydrogen-bond acceptors (Lipinski definition) is 10. The van der Waals surface area contributed by atoms with Gasteiger partial charge in [-0.3, -0.25) is 4.90 Å². The maximum atomic E-state index is 15.0. The molecule has 1 N–H and O–H groups in total. The minimum Gasteiger partial charge on any atom is -0.382 e. The minimum absolute atomic E-state index is 0.139. The first-order valence-electron chi connectivity index (χ1n) is 8.72. The third kappa shape index (κ3) is 1.84. The first kappa shape index (κ1) is 15.4. The lowest BCUT2D eigenvalue weighted by Crippen LogP contribution is -2.50. The molecule has 0 spiro atoms. The van der Waals surface area contributed by atoms with Gasteiger partial charge < -0.3 is 9.63 Å². The minimum atomic E-state index is -1.67. The molecule has 10 nitrogen and oxygen atoms in total. The lowest BCUT2D eigenvalue weighted by molar-refractivity contribution is 0.137. The Kier molecular flexibility index (Phi) is 2.75. The normalized spacial score (nSPS) is 23.7. The van der Waals surface area contributed by atoms with Crippen LogP contribution in [0, 0.1) is 11.5 Å². The number of aromatic nitrogens is 2. The van der Waals surface area contributed by atoms with Crippen LogP contribution in [0.15, 0.2) is 45.8 Å². The summed E-state index contributed by atoms with van der Waals surface area (Å²) in [5.41, 5.74) is 0.319. The molecule has 0 bridgehead atoms. The number of benzene rings is 1. The maximum absolute atomic E-state index is 15.0. The number of anilines is 2. The summed E-state index contributed by atoms with van der Waals surface area (Å²) in [6, 6.07) is 7.42. The van der Waals surface area contributed by atoms with Crippen LogP contribution in [-0.4, -0.2) is 44.1 Å². The Morgan fingerprint density at radius 3 is 2.93 bits per heavy atom. The molecule has 1 unspecified atom stereocenters. The number of rotatable bonds is 2. The number of aliphatic hydroxyl groups is 1. The molecule has 2 aromatic rings. The van der Waals surface area contributed by atoms with Gasteiger partial charge in [0.1, 0.15) is 12.3 Å². The van der Waals surface area contributed by atoms with Crippen LogP contribution in [0.1, 0.15) is 24.2 Å². The number of amidine groups is 1. The Balaban J connectivity index is 1.47. The highest BCUT2D eigenvalue weighted by atomic mass is 19.1. The molecule has 1 aliphatic carbocycles. The van der Waals surface area contributed by atoms with Gasteiger partial charge in [-0.05, 0) is 25.0 Å². The molecule has 11 heteroatoms. The van der Waals surface area contributed by atoms with Gasteiger partial charge in [-0.1, -0.05) is 17.3 Å². The zero-order valence-electron chi connectivity index (χ0n) is 14.4. The summed E-state index contributed by atoms with van der Waals surface area (Å²) in [5, 5.41) is 26.6. The summed E-state index contributed by atoms with van der Waals surface area (Å²) in [5.74, 6) is 1.23. The molecule has 6 rings (SSSR count). The number of halogens is 1. The lowest BCUT2D eigenvalue weighted by Gasteiger charge is -2.39. The van der Waals surface area contributed by atoms with Crippen molar-refractivity contribution in [2.45, 2.75) is 24.9 Å². The van der Waals surface area contributed by atoms with Gasteiger partial charge in [-0.25, -0.2) is 19.9 Å². The van der Waals surface area contributed by atoms with Crippen molar-refractivity contribution in [2.24, 2.45) is 4.99 Å². The van der Waals surface area contributed by atoms with Gasteiger partial charge in [-0.15, -0.1) is 0 Å². The Morgan fingerprint density at radius 1 is 1.32 bits per heavy atom. The van der Waals surface area contributed by atoms with E-state index in [1.54, 1.807) is 16.1 Å². The van der Waals surface area contributed by atoms with Crippen LogP contribution in [-0.2, 0) is 5.60 Å². The second kappa shape index (κ2) is 4.99. The van der Waals surface area contributed by atoms with Crippen LogP contribution in [0.2, 0.25) is 0 Å². The number of hydrazine groups is 1. The number of alkyl halides is 1. The van der Waals surface area contributed by atoms with Crippen LogP contribution < -0.4 is 9.91 Å². The SMILES string of the molecule is N#CN1C=C2N(c3ccccc3C3=NCN(c4nc(C5(O)CC5)no4)N23)C1F. The number of para-hydroxylation sites is 1. The van der Waals surface area contributed by atoms with E-state index in [9.17, 15) is 14.8 Å². The fourth-order valence-electron chi connectivity index (χ4n) is 3.63. The third-order valence-electron chi connectivity index (χ3n) is 5.25. The maximum Gasteiger partial charge on any atom is 0.345 e. The molecule has 1 aromatic heterocycles. The number of nitrogens with zero attached hydrogens (tertiary/aromatic N) is 8. The molecule has 3 aliphatic heterocycles. The molecular weight excluding hydrogens is 367 g/mol. The number of fused-ring (bicyclic) bond motifs is 6. The van der Waals surface area contributed by atoms with Gasteiger partial charge in [0.2, 0.25) is 5.82 Å². The fraction of sp³-hybridized carbons (Fsp3) is 0.294. The number of aliphatic imine (C=N–C) groups is 1. The molecule has 1 aromatic carbocycles. The van der Waals surface area contributed by atoms with Crippen molar-refractivity contribution in [3.05, 3.63) is 47.7 Å². The first-order chi connectivity index (χ1) is 13.6. The molecule has 140 valence electrons. The molecule has 4 heterocycles. The molecule has 1 atom stereocenters. The monoisotopic (exact) mass is 380 g/mol. The van der Waals surface area contributed by atoms with E-state index in [0.29, 0.717) is 30.2 Å². The van der Waals surface area contributed by atoms with E-state index < -0.39 is 12.0 Å². The van der Waals surface area contributed by atoms with Crippen LogP contribution in [0.4, 0.5) is 16.1 Å². The fourth-order valence-corrected chi connectivity index (χ4v) is 3.63. The summed E-state index contributed by atoms with van der Waals surface area (Å²) in [6.45, 7) is 0.179. The topological polar surface area (TPSA) is 108 Å². The average Bonchev–Trinajstić information content (AvgIpc) is 3.11. The quantitative estimate of drug-likeness (QED) is 0.606. The Morgan fingerprint density at radius 2 is 2.14 bits per heavy atom. The Labute approximate surface area is 158 Å². The summed E-state index contributed by atoms with van der Waals surface area (Å²) in [4.78, 5) is 11.2. The van der Waals surface area contributed by atoms with E-state index in [-0.39, 0.29) is 18.5 Å². The van der Waals surface area contributed by atoms with Gasteiger partial charge in [0.05, 0.1) is 11.9 Å². The second-order valence-electron chi connectivity index (χ2n) is 6.96. The molecule has 1 saturated carbocycles. The predicted molar refractivity (Wildman–Crippen MR) is 92.5 cm³/mol. The van der Waals surface area contributed by atoms with Gasteiger partial charge in [0, 0.05) is 5.56 Å². The van der Waals surface area contributed by atoms with Crippen molar-refractivity contribution in [1.29, 1.82) is 5.26 Å². The van der Waals surface area contributed by atoms with Crippen LogP contribution in [0.3, 0.4) is 0 Å². The van der Waals surface area contributed by atoms with Crippen molar-refractivity contribution in [1.82, 2.24) is 20.0 Å². The standard InChI is InChI=1S/C17H13FN8O2/c18-15-23(8-19)7-12-25(15)11-4-2-1-3-10(11)13-20-9-24(26(12)13)16-21-14(22-28-16)17(27)5-6-17/h1-4,7,15,27H,5-6,9H2. The van der Waals surface area contributed by atoms with Crippen LogP contribution in [0.25, 0.3) is 0 Å². The highest BCUT2D eigenvalue weighted by molar-refractivity contribution is 6.09. The highest BCUT2D eigenvalue weighted by Crippen LogP contribution is 2.45. The van der Waals surface area contributed by atoms with Gasteiger partial charge >= 0.3 is 6.01 Å². The van der Waals surface area contributed by atoms with Gasteiger partial charge in [0.15, 0.2) is 17.8 Å². The molecular formula is C17H13FN8O2. The predicted octanol–water partition coefficient (Wildman–Crippen LogP) is 1.16. The van der Waals surface area contributed by atoms with Crippen molar-refractivity contribution in [3.8, 4) is 6.19 Å². The van der Waals surface area contributed by atoms with Crippen molar-refractivity contribution in [3.63, 3.8) is 0 Å². The van der Waals surface area contributed by atoms with Gasteiger partial charge in [0.25, 0.3) is 6.42 Å². The van der Waals surface area contributed by atoms with Crippen molar-refractivity contribution >= 4 is 17.5 Å². The second-order valence-corrected chi connectivity index (χ2v) is 6.96. The van der Waals surface area contributed by atoms with Crippen molar-refractivity contribution < 1.29 is 14.0 Å². The average molecular weight is 380 g/mol. The van der Waals surface area contributed by atoms with E-state index in [1.807, 2.05) is 24.4 Å². The Bertz CT molecular complexity index is 1100. The van der Waals surface area contributed by atoms with Crippen LogP contribution in [0.5, 0.6) is 0 Å². The summed E-state index contributed by atoms with van der Waals surface area (Å²) >= 11 is 0. The van der Waals surface area contributed by atoms with E-state index in [4.69, 9.17) is 4.52 Å². The molecule has 0 saturated heterocycles.